The Labute approximate surface area is 130 Å². The summed E-state index contributed by atoms with van der Waals surface area (Å²) in [7, 11) is 0. The maximum absolute atomic E-state index is 12.5. The maximum Gasteiger partial charge on any atom is 0.305 e. The van der Waals surface area contributed by atoms with E-state index in [0.29, 0.717) is 18.4 Å². The lowest BCUT2D eigenvalue weighted by Gasteiger charge is -2.32. The van der Waals surface area contributed by atoms with Crippen LogP contribution in [0.1, 0.15) is 38.7 Å². The van der Waals surface area contributed by atoms with E-state index in [1.54, 1.807) is 6.08 Å². The van der Waals surface area contributed by atoms with Gasteiger partial charge in [0.1, 0.15) is 12.4 Å². The SMILES string of the molecule is CCC(CC)(CC(=O)O)NC(=O)C1=Cc2ccccc2OC1. The van der Waals surface area contributed by atoms with E-state index in [2.05, 4.69) is 5.32 Å². The molecule has 2 rings (SSSR count). The van der Waals surface area contributed by atoms with Gasteiger partial charge in [0.2, 0.25) is 0 Å². The Bertz CT molecular complexity index is 602. The number of rotatable bonds is 6. The van der Waals surface area contributed by atoms with E-state index in [1.165, 1.54) is 0 Å². The molecule has 22 heavy (non-hydrogen) atoms. The molecule has 0 aliphatic carbocycles. The van der Waals surface area contributed by atoms with Crippen LogP contribution in [0.25, 0.3) is 6.08 Å². The highest BCUT2D eigenvalue weighted by Crippen LogP contribution is 2.27. The molecule has 0 saturated carbocycles. The van der Waals surface area contributed by atoms with E-state index in [1.807, 2.05) is 38.1 Å². The highest BCUT2D eigenvalue weighted by Gasteiger charge is 2.32. The molecule has 0 radical (unpaired) electrons. The number of hydrogen-bond acceptors (Lipinski definition) is 3. The van der Waals surface area contributed by atoms with Gasteiger partial charge in [-0.3, -0.25) is 9.59 Å². The molecular formula is C17H21NO4. The fourth-order valence-electron chi connectivity index (χ4n) is 2.58. The van der Waals surface area contributed by atoms with Crippen molar-refractivity contribution in [1.82, 2.24) is 5.32 Å². The number of carboxylic acid groups (broad SMARTS) is 1. The van der Waals surface area contributed by atoms with Gasteiger partial charge >= 0.3 is 5.97 Å². The summed E-state index contributed by atoms with van der Waals surface area (Å²) in [5.41, 5.74) is 0.645. The summed E-state index contributed by atoms with van der Waals surface area (Å²) in [6, 6.07) is 7.50. The van der Waals surface area contributed by atoms with Crippen LogP contribution in [0.4, 0.5) is 0 Å². The molecule has 0 spiro atoms. The van der Waals surface area contributed by atoms with Crippen molar-refractivity contribution in [2.24, 2.45) is 0 Å². The molecule has 1 aromatic rings. The molecule has 0 saturated heterocycles. The van der Waals surface area contributed by atoms with E-state index in [0.717, 1.165) is 11.3 Å². The van der Waals surface area contributed by atoms with Crippen LogP contribution in [0.2, 0.25) is 0 Å². The minimum Gasteiger partial charge on any atom is -0.488 e. The summed E-state index contributed by atoms with van der Waals surface area (Å²) in [6.45, 7) is 3.96. The Kier molecular flexibility index (Phi) is 4.85. The van der Waals surface area contributed by atoms with Gasteiger partial charge in [-0.15, -0.1) is 0 Å². The van der Waals surface area contributed by atoms with E-state index in [4.69, 9.17) is 9.84 Å². The van der Waals surface area contributed by atoms with Gasteiger partial charge in [-0.05, 0) is 25.0 Å². The Morgan fingerprint density at radius 3 is 2.59 bits per heavy atom. The zero-order valence-corrected chi connectivity index (χ0v) is 12.9. The number of para-hydroxylation sites is 1. The topological polar surface area (TPSA) is 75.6 Å². The van der Waals surface area contributed by atoms with E-state index >= 15 is 0 Å². The van der Waals surface area contributed by atoms with Crippen molar-refractivity contribution in [3.8, 4) is 5.75 Å². The van der Waals surface area contributed by atoms with Crippen molar-refractivity contribution in [2.75, 3.05) is 6.61 Å². The minimum absolute atomic E-state index is 0.0868. The van der Waals surface area contributed by atoms with Crippen molar-refractivity contribution in [1.29, 1.82) is 0 Å². The standard InChI is InChI=1S/C17H21NO4/c1-3-17(4-2,10-15(19)20)18-16(21)13-9-12-7-5-6-8-14(12)22-11-13/h5-9H,3-4,10-11H2,1-2H3,(H,18,21)(H,19,20). The molecule has 1 aromatic carbocycles. The molecule has 5 heteroatoms. The molecule has 0 unspecified atom stereocenters. The van der Waals surface area contributed by atoms with E-state index < -0.39 is 11.5 Å². The van der Waals surface area contributed by atoms with Gasteiger partial charge in [0.15, 0.2) is 0 Å². The van der Waals surface area contributed by atoms with Crippen LogP contribution in [0.5, 0.6) is 5.75 Å². The highest BCUT2D eigenvalue weighted by molar-refractivity contribution is 5.99. The first-order chi connectivity index (χ1) is 10.5. The van der Waals surface area contributed by atoms with Crippen molar-refractivity contribution in [2.45, 2.75) is 38.6 Å². The van der Waals surface area contributed by atoms with Crippen LogP contribution in [0.3, 0.4) is 0 Å². The third-order valence-electron chi connectivity index (χ3n) is 4.15. The predicted octanol–water partition coefficient (Wildman–Crippen LogP) is 2.61. The molecule has 118 valence electrons. The number of ether oxygens (including phenoxy) is 1. The van der Waals surface area contributed by atoms with Gasteiger partial charge in [0.25, 0.3) is 5.91 Å². The number of fused-ring (bicyclic) bond motifs is 1. The van der Waals surface area contributed by atoms with Crippen molar-refractivity contribution in [3.63, 3.8) is 0 Å². The van der Waals surface area contributed by atoms with Crippen LogP contribution in [-0.2, 0) is 9.59 Å². The summed E-state index contributed by atoms with van der Waals surface area (Å²) in [6.07, 6.45) is 2.83. The molecular weight excluding hydrogens is 282 g/mol. The average molecular weight is 303 g/mol. The highest BCUT2D eigenvalue weighted by atomic mass is 16.5. The minimum atomic E-state index is -0.914. The zero-order chi connectivity index (χ0) is 16.2. The van der Waals surface area contributed by atoms with E-state index in [-0.39, 0.29) is 18.9 Å². The lowest BCUT2D eigenvalue weighted by Crippen LogP contribution is -2.50. The van der Waals surface area contributed by atoms with Gasteiger partial charge in [-0.2, -0.15) is 0 Å². The van der Waals surface area contributed by atoms with Crippen molar-refractivity contribution >= 4 is 18.0 Å². The molecule has 2 N–H and O–H groups in total. The Morgan fingerprint density at radius 1 is 1.27 bits per heavy atom. The second-order valence-corrected chi connectivity index (χ2v) is 5.51. The number of carboxylic acids is 1. The fraction of sp³-hybridized carbons (Fsp3) is 0.412. The van der Waals surface area contributed by atoms with Crippen LogP contribution >= 0.6 is 0 Å². The molecule has 1 aliphatic heterocycles. The quantitative estimate of drug-likeness (QED) is 0.847. The largest absolute Gasteiger partial charge is 0.488 e. The number of aliphatic carboxylic acids is 1. The average Bonchev–Trinajstić information content (AvgIpc) is 2.53. The van der Waals surface area contributed by atoms with E-state index in [9.17, 15) is 9.59 Å². The first-order valence-electron chi connectivity index (χ1n) is 7.46. The summed E-state index contributed by atoms with van der Waals surface area (Å²) >= 11 is 0. The van der Waals surface area contributed by atoms with Gasteiger partial charge < -0.3 is 15.2 Å². The van der Waals surface area contributed by atoms with Crippen molar-refractivity contribution < 1.29 is 19.4 Å². The number of hydrogen-bond donors (Lipinski definition) is 2. The first-order valence-corrected chi connectivity index (χ1v) is 7.46. The first kappa shape index (κ1) is 16.1. The monoisotopic (exact) mass is 303 g/mol. The maximum atomic E-state index is 12.5. The number of carbonyl (C=O) groups is 2. The normalized spacial score (nSPS) is 13.6. The number of carbonyl (C=O) groups excluding carboxylic acids is 1. The Hall–Kier alpha value is -2.30. The second-order valence-electron chi connectivity index (χ2n) is 5.51. The lowest BCUT2D eigenvalue weighted by atomic mass is 9.88. The molecule has 1 heterocycles. The second kappa shape index (κ2) is 6.64. The molecule has 1 aliphatic rings. The summed E-state index contributed by atoms with van der Waals surface area (Å²) in [4.78, 5) is 23.5. The Balaban J connectivity index is 2.18. The third kappa shape index (κ3) is 3.47. The van der Waals surface area contributed by atoms with Gasteiger partial charge in [-0.1, -0.05) is 32.0 Å². The molecule has 0 bridgehead atoms. The van der Waals surface area contributed by atoms with Crippen molar-refractivity contribution in [3.05, 3.63) is 35.4 Å². The van der Waals surface area contributed by atoms with Crippen LogP contribution in [-0.4, -0.2) is 29.1 Å². The summed E-state index contributed by atoms with van der Waals surface area (Å²) in [5, 5.41) is 12.0. The zero-order valence-electron chi connectivity index (χ0n) is 12.9. The third-order valence-corrected chi connectivity index (χ3v) is 4.15. The molecule has 0 aromatic heterocycles. The summed E-state index contributed by atoms with van der Waals surface area (Å²) in [5.74, 6) is -0.426. The van der Waals surface area contributed by atoms with Gasteiger partial charge in [-0.25, -0.2) is 0 Å². The van der Waals surface area contributed by atoms with Crippen LogP contribution in [0, 0.1) is 0 Å². The fourth-order valence-corrected chi connectivity index (χ4v) is 2.58. The summed E-state index contributed by atoms with van der Waals surface area (Å²) < 4.78 is 5.57. The predicted molar refractivity (Wildman–Crippen MR) is 83.6 cm³/mol. The molecule has 5 nitrogen and oxygen atoms in total. The smallest absolute Gasteiger partial charge is 0.305 e. The van der Waals surface area contributed by atoms with Crippen LogP contribution < -0.4 is 10.1 Å². The van der Waals surface area contributed by atoms with Gasteiger partial charge in [0.05, 0.1) is 17.5 Å². The number of amides is 1. The number of benzene rings is 1. The molecule has 0 atom stereocenters. The molecule has 1 amide bonds. The number of nitrogens with one attached hydrogen (secondary N) is 1. The van der Waals surface area contributed by atoms with Crippen LogP contribution in [0.15, 0.2) is 29.8 Å². The lowest BCUT2D eigenvalue weighted by molar-refractivity contribution is -0.139. The Morgan fingerprint density at radius 2 is 1.95 bits per heavy atom. The van der Waals surface area contributed by atoms with Gasteiger partial charge in [0, 0.05) is 5.56 Å². The molecule has 0 fully saturated rings.